The molecule has 2 aromatic rings. The molecule has 0 aliphatic carbocycles. The highest BCUT2D eigenvalue weighted by Gasteiger charge is 2.10. The van der Waals surface area contributed by atoms with Crippen LogP contribution in [-0.2, 0) is 23.0 Å². The van der Waals surface area contributed by atoms with Gasteiger partial charge in [-0.1, -0.05) is 41.5 Å². The van der Waals surface area contributed by atoms with Crippen molar-refractivity contribution in [1.82, 2.24) is 15.4 Å². The van der Waals surface area contributed by atoms with Crippen LogP contribution in [0.25, 0.3) is 0 Å². The van der Waals surface area contributed by atoms with E-state index < -0.39 is 10.0 Å². The van der Waals surface area contributed by atoms with Gasteiger partial charge in [0.15, 0.2) is 5.96 Å². The van der Waals surface area contributed by atoms with Gasteiger partial charge in [0, 0.05) is 13.1 Å². The number of sulfonamides is 1. The highest BCUT2D eigenvalue weighted by molar-refractivity contribution is 7.89. The normalized spacial score (nSPS) is 12.1. The molecule has 3 N–H and O–H groups in total. The van der Waals surface area contributed by atoms with Crippen LogP contribution < -0.4 is 15.4 Å². The Morgan fingerprint density at radius 2 is 1.61 bits per heavy atom. The SMILES string of the molecule is CCNC(=NCc1ccc(S(=O)(=O)NC)cc1)NCCc1cc(C)cc(C)c1. The lowest BCUT2D eigenvalue weighted by molar-refractivity contribution is 0.588. The zero-order valence-electron chi connectivity index (χ0n) is 17.0. The van der Waals surface area contributed by atoms with Crippen molar-refractivity contribution in [2.45, 2.75) is 38.6 Å². The van der Waals surface area contributed by atoms with Crippen molar-refractivity contribution in [2.24, 2.45) is 4.99 Å². The number of rotatable bonds is 8. The molecule has 152 valence electrons. The van der Waals surface area contributed by atoms with Crippen molar-refractivity contribution in [2.75, 3.05) is 20.1 Å². The standard InChI is InChI=1S/C21H30N4O2S/c1-5-23-21(24-11-10-19-13-16(2)12-17(3)14-19)25-15-18-6-8-20(9-7-18)28(26,27)22-4/h6-9,12-14,22H,5,10-11,15H2,1-4H3,(H2,23,24,25). The van der Waals surface area contributed by atoms with Gasteiger partial charge in [-0.15, -0.1) is 0 Å². The first kappa shape index (κ1) is 21.9. The van der Waals surface area contributed by atoms with Gasteiger partial charge in [0.05, 0.1) is 11.4 Å². The van der Waals surface area contributed by atoms with E-state index in [1.807, 2.05) is 6.92 Å². The summed E-state index contributed by atoms with van der Waals surface area (Å²) in [4.78, 5) is 4.84. The Morgan fingerprint density at radius 3 is 2.18 bits per heavy atom. The van der Waals surface area contributed by atoms with Crippen molar-refractivity contribution < 1.29 is 8.42 Å². The summed E-state index contributed by atoms with van der Waals surface area (Å²) in [6, 6.07) is 13.3. The minimum atomic E-state index is -3.41. The van der Waals surface area contributed by atoms with Crippen LogP contribution in [0.3, 0.4) is 0 Å². The molecule has 0 saturated heterocycles. The topological polar surface area (TPSA) is 82.6 Å². The number of benzene rings is 2. The summed E-state index contributed by atoms with van der Waals surface area (Å²) in [5.41, 5.74) is 4.81. The molecule has 0 heterocycles. The third kappa shape index (κ3) is 6.65. The molecule has 0 aliphatic rings. The lowest BCUT2D eigenvalue weighted by Gasteiger charge is -2.12. The maximum Gasteiger partial charge on any atom is 0.240 e. The fourth-order valence-corrected chi connectivity index (χ4v) is 3.67. The van der Waals surface area contributed by atoms with Gasteiger partial charge in [-0.25, -0.2) is 18.1 Å². The summed E-state index contributed by atoms with van der Waals surface area (Å²) in [7, 11) is -2.01. The highest BCUT2D eigenvalue weighted by atomic mass is 32.2. The summed E-state index contributed by atoms with van der Waals surface area (Å²) in [5.74, 6) is 0.749. The molecule has 0 unspecified atom stereocenters. The van der Waals surface area contributed by atoms with Gasteiger partial charge in [0.1, 0.15) is 0 Å². The van der Waals surface area contributed by atoms with Crippen LogP contribution in [0.15, 0.2) is 52.4 Å². The third-order valence-electron chi connectivity index (χ3n) is 4.25. The van der Waals surface area contributed by atoms with E-state index in [-0.39, 0.29) is 4.90 Å². The zero-order valence-corrected chi connectivity index (χ0v) is 17.9. The van der Waals surface area contributed by atoms with E-state index in [9.17, 15) is 8.42 Å². The molecule has 2 rings (SSSR count). The first-order valence-corrected chi connectivity index (χ1v) is 10.9. The summed E-state index contributed by atoms with van der Waals surface area (Å²) in [6.45, 7) is 8.28. The largest absolute Gasteiger partial charge is 0.357 e. The fraction of sp³-hybridized carbons (Fsp3) is 0.381. The Kier molecular flexibility index (Phi) is 8.02. The zero-order chi connectivity index (χ0) is 20.6. The van der Waals surface area contributed by atoms with Gasteiger partial charge < -0.3 is 10.6 Å². The highest BCUT2D eigenvalue weighted by Crippen LogP contribution is 2.11. The van der Waals surface area contributed by atoms with E-state index in [4.69, 9.17) is 0 Å². The monoisotopic (exact) mass is 402 g/mol. The van der Waals surface area contributed by atoms with Crippen molar-refractivity contribution in [3.05, 3.63) is 64.7 Å². The maximum atomic E-state index is 11.8. The molecule has 0 spiro atoms. The lowest BCUT2D eigenvalue weighted by Crippen LogP contribution is -2.38. The molecule has 0 bridgehead atoms. The first-order chi connectivity index (χ1) is 13.3. The number of nitrogens with zero attached hydrogens (tertiary/aromatic N) is 1. The molecule has 0 radical (unpaired) electrons. The molecular weight excluding hydrogens is 372 g/mol. The molecule has 28 heavy (non-hydrogen) atoms. The predicted molar refractivity (Wildman–Crippen MR) is 115 cm³/mol. The number of aliphatic imine (C=N–C) groups is 1. The second-order valence-corrected chi connectivity index (χ2v) is 8.61. The van der Waals surface area contributed by atoms with Gasteiger partial charge in [-0.3, -0.25) is 0 Å². The average molecular weight is 403 g/mol. The smallest absolute Gasteiger partial charge is 0.240 e. The molecule has 6 nitrogen and oxygen atoms in total. The van der Waals surface area contributed by atoms with Crippen molar-refractivity contribution in [3.63, 3.8) is 0 Å². The molecule has 0 atom stereocenters. The second kappa shape index (κ2) is 10.2. The maximum absolute atomic E-state index is 11.8. The van der Waals surface area contributed by atoms with Crippen LogP contribution in [0.4, 0.5) is 0 Å². The number of guanidine groups is 1. The molecule has 0 aliphatic heterocycles. The Balaban J connectivity index is 1.96. The number of hydrogen-bond acceptors (Lipinski definition) is 3. The van der Waals surface area contributed by atoms with Crippen LogP contribution in [0, 0.1) is 13.8 Å². The van der Waals surface area contributed by atoms with Crippen LogP contribution in [-0.4, -0.2) is 34.5 Å². The second-order valence-electron chi connectivity index (χ2n) is 6.72. The summed E-state index contributed by atoms with van der Waals surface area (Å²) in [6.07, 6.45) is 0.920. The third-order valence-corrected chi connectivity index (χ3v) is 5.68. The van der Waals surface area contributed by atoms with Gasteiger partial charge >= 0.3 is 0 Å². The number of aryl methyl sites for hydroxylation is 2. The van der Waals surface area contributed by atoms with E-state index in [0.717, 1.165) is 31.0 Å². The van der Waals surface area contributed by atoms with E-state index in [0.29, 0.717) is 6.54 Å². The Hall–Kier alpha value is -2.38. The molecule has 2 aromatic carbocycles. The molecule has 0 amide bonds. The molecule has 0 aromatic heterocycles. The van der Waals surface area contributed by atoms with Crippen LogP contribution in [0.1, 0.15) is 29.2 Å². The minimum absolute atomic E-state index is 0.251. The quantitative estimate of drug-likeness (QED) is 0.468. The Bertz CT molecular complexity index is 886. The van der Waals surface area contributed by atoms with E-state index in [2.05, 4.69) is 52.4 Å². The Morgan fingerprint density at radius 1 is 0.964 bits per heavy atom. The molecular formula is C21H30N4O2S. The minimum Gasteiger partial charge on any atom is -0.357 e. The van der Waals surface area contributed by atoms with Gasteiger partial charge in [0.2, 0.25) is 10.0 Å². The fourth-order valence-electron chi connectivity index (χ4n) is 2.94. The van der Waals surface area contributed by atoms with Gasteiger partial charge in [0.25, 0.3) is 0 Å². The van der Waals surface area contributed by atoms with E-state index in [1.165, 1.54) is 23.7 Å². The van der Waals surface area contributed by atoms with Gasteiger partial charge in [-0.05, 0) is 57.5 Å². The lowest BCUT2D eigenvalue weighted by atomic mass is 10.1. The van der Waals surface area contributed by atoms with Crippen LogP contribution in [0.5, 0.6) is 0 Å². The van der Waals surface area contributed by atoms with Crippen molar-refractivity contribution in [1.29, 1.82) is 0 Å². The molecule has 0 saturated carbocycles. The number of hydrogen-bond donors (Lipinski definition) is 3. The molecule has 0 fully saturated rings. The Labute approximate surface area is 168 Å². The van der Waals surface area contributed by atoms with Gasteiger partial charge in [-0.2, -0.15) is 0 Å². The summed E-state index contributed by atoms with van der Waals surface area (Å²) in [5, 5.41) is 6.60. The van der Waals surface area contributed by atoms with Crippen LogP contribution in [0.2, 0.25) is 0 Å². The van der Waals surface area contributed by atoms with E-state index >= 15 is 0 Å². The number of nitrogens with one attached hydrogen (secondary N) is 3. The summed E-state index contributed by atoms with van der Waals surface area (Å²) < 4.78 is 25.9. The predicted octanol–water partition coefficient (Wildman–Crippen LogP) is 2.51. The molecule has 7 heteroatoms. The first-order valence-electron chi connectivity index (χ1n) is 9.46. The van der Waals surface area contributed by atoms with Crippen molar-refractivity contribution in [3.8, 4) is 0 Å². The van der Waals surface area contributed by atoms with Crippen molar-refractivity contribution >= 4 is 16.0 Å². The van der Waals surface area contributed by atoms with Crippen LogP contribution >= 0.6 is 0 Å². The van der Waals surface area contributed by atoms with E-state index in [1.54, 1.807) is 24.3 Å². The summed E-state index contributed by atoms with van der Waals surface area (Å²) >= 11 is 0. The average Bonchev–Trinajstić information content (AvgIpc) is 2.65.